The number of likely N-dealkylation sites (tertiary alicyclic amines) is 1. The van der Waals surface area contributed by atoms with Gasteiger partial charge < -0.3 is 9.80 Å². The van der Waals surface area contributed by atoms with Gasteiger partial charge in [-0.2, -0.15) is 5.26 Å². The first kappa shape index (κ1) is 18.2. The molecule has 4 nitrogen and oxygen atoms in total. The van der Waals surface area contributed by atoms with Crippen LogP contribution in [0.25, 0.3) is 11.1 Å². The van der Waals surface area contributed by atoms with Crippen LogP contribution in [0.1, 0.15) is 28.8 Å². The van der Waals surface area contributed by atoms with E-state index in [9.17, 15) is 10.1 Å². The van der Waals surface area contributed by atoms with Crippen molar-refractivity contribution < 1.29 is 4.79 Å². The number of amides is 1. The molecule has 0 spiro atoms. The Morgan fingerprint density at radius 2 is 1.69 bits per heavy atom. The van der Waals surface area contributed by atoms with Crippen LogP contribution in [0.4, 0.5) is 0 Å². The van der Waals surface area contributed by atoms with Gasteiger partial charge in [0.15, 0.2) is 0 Å². The molecule has 1 amide bonds. The molecule has 2 aromatic rings. The molecule has 0 radical (unpaired) electrons. The average molecular weight is 347 g/mol. The number of rotatable bonds is 4. The molecule has 0 aliphatic carbocycles. The quantitative estimate of drug-likeness (QED) is 0.848. The maximum Gasteiger partial charge on any atom is 0.254 e. The fourth-order valence-electron chi connectivity index (χ4n) is 3.73. The van der Waals surface area contributed by atoms with E-state index in [2.05, 4.69) is 25.1 Å². The van der Waals surface area contributed by atoms with Crippen LogP contribution in [-0.2, 0) is 0 Å². The van der Waals surface area contributed by atoms with Crippen LogP contribution < -0.4 is 0 Å². The Hall–Kier alpha value is -2.64. The van der Waals surface area contributed by atoms with E-state index in [1.54, 1.807) is 6.07 Å². The molecule has 0 aromatic heterocycles. The van der Waals surface area contributed by atoms with Crippen molar-refractivity contribution in [1.29, 1.82) is 5.26 Å². The van der Waals surface area contributed by atoms with Crippen LogP contribution in [0, 0.1) is 17.2 Å². The second kappa shape index (κ2) is 8.16. The predicted molar refractivity (Wildman–Crippen MR) is 104 cm³/mol. The summed E-state index contributed by atoms with van der Waals surface area (Å²) in [4.78, 5) is 17.3. The largest absolute Gasteiger partial charge is 0.339 e. The van der Waals surface area contributed by atoms with E-state index in [1.165, 1.54) is 0 Å². The van der Waals surface area contributed by atoms with Gasteiger partial charge in [0.1, 0.15) is 0 Å². The van der Waals surface area contributed by atoms with Crippen LogP contribution >= 0.6 is 0 Å². The molecule has 0 saturated carbocycles. The minimum Gasteiger partial charge on any atom is -0.339 e. The lowest BCUT2D eigenvalue weighted by atomic mass is 9.93. The number of nitrogens with zero attached hydrogens (tertiary/aromatic N) is 3. The number of hydrogen-bond donors (Lipinski definition) is 0. The minimum absolute atomic E-state index is 0.0663. The van der Waals surface area contributed by atoms with Gasteiger partial charge in [-0.25, -0.2) is 0 Å². The van der Waals surface area contributed by atoms with Crippen molar-refractivity contribution in [2.24, 2.45) is 5.92 Å². The summed E-state index contributed by atoms with van der Waals surface area (Å²) >= 11 is 0. The fraction of sp³-hybridized carbons (Fsp3) is 0.364. The highest BCUT2D eigenvalue weighted by atomic mass is 16.2. The molecule has 0 N–H and O–H groups in total. The van der Waals surface area contributed by atoms with Crippen molar-refractivity contribution in [1.82, 2.24) is 9.80 Å². The maximum absolute atomic E-state index is 13.2. The third-order valence-corrected chi connectivity index (χ3v) is 5.02. The van der Waals surface area contributed by atoms with Gasteiger partial charge in [-0.1, -0.05) is 36.4 Å². The lowest BCUT2D eigenvalue weighted by molar-refractivity contribution is 0.0679. The van der Waals surface area contributed by atoms with Crippen molar-refractivity contribution in [2.45, 2.75) is 12.8 Å². The lowest BCUT2D eigenvalue weighted by Gasteiger charge is -2.33. The summed E-state index contributed by atoms with van der Waals surface area (Å²) in [5.74, 6) is 0.722. The molecule has 4 heteroatoms. The highest BCUT2D eigenvalue weighted by molar-refractivity contribution is 6.01. The molecule has 1 heterocycles. The fourth-order valence-corrected chi connectivity index (χ4v) is 3.73. The molecule has 1 aliphatic rings. The Morgan fingerprint density at radius 1 is 1.08 bits per heavy atom. The number of carbonyl (C=O) groups excluding carboxylic acids is 1. The summed E-state index contributed by atoms with van der Waals surface area (Å²) in [5.41, 5.74) is 2.94. The molecule has 0 atom stereocenters. The van der Waals surface area contributed by atoms with Crippen LogP contribution in [-0.4, -0.2) is 49.4 Å². The van der Waals surface area contributed by atoms with Gasteiger partial charge in [0, 0.05) is 30.8 Å². The van der Waals surface area contributed by atoms with Crippen molar-refractivity contribution in [3.8, 4) is 17.2 Å². The van der Waals surface area contributed by atoms with Gasteiger partial charge in [-0.3, -0.25) is 4.79 Å². The van der Waals surface area contributed by atoms with Gasteiger partial charge in [0.2, 0.25) is 0 Å². The summed E-state index contributed by atoms with van der Waals surface area (Å²) < 4.78 is 0. The number of hydrogen-bond acceptors (Lipinski definition) is 3. The van der Waals surface area contributed by atoms with Gasteiger partial charge >= 0.3 is 0 Å². The zero-order chi connectivity index (χ0) is 18.5. The lowest BCUT2D eigenvalue weighted by Crippen LogP contribution is -2.40. The maximum atomic E-state index is 13.2. The topological polar surface area (TPSA) is 47.3 Å². The Bertz CT molecular complexity index is 814. The summed E-state index contributed by atoms with van der Waals surface area (Å²) in [6, 6.07) is 17.3. The van der Waals surface area contributed by atoms with Crippen LogP contribution in [0.15, 0.2) is 48.5 Å². The van der Waals surface area contributed by atoms with Gasteiger partial charge in [0.25, 0.3) is 5.91 Å². The minimum atomic E-state index is 0.0663. The van der Waals surface area contributed by atoms with E-state index in [0.29, 0.717) is 17.0 Å². The number of carbonyl (C=O) groups is 1. The molecule has 1 saturated heterocycles. The highest BCUT2D eigenvalue weighted by Crippen LogP contribution is 2.29. The number of nitriles is 1. The Labute approximate surface area is 155 Å². The third kappa shape index (κ3) is 3.95. The van der Waals surface area contributed by atoms with E-state index in [4.69, 9.17) is 0 Å². The SMILES string of the molecule is CN(C)CC1CCN(C(=O)c2ccccc2-c2ccccc2C#N)CC1. The monoisotopic (exact) mass is 347 g/mol. The van der Waals surface area contributed by atoms with E-state index >= 15 is 0 Å². The first-order chi connectivity index (χ1) is 12.6. The van der Waals surface area contributed by atoms with Crippen LogP contribution in [0.3, 0.4) is 0 Å². The summed E-state index contributed by atoms with van der Waals surface area (Å²) in [6.07, 6.45) is 2.09. The predicted octanol–water partition coefficient (Wildman–Crippen LogP) is 3.64. The third-order valence-electron chi connectivity index (χ3n) is 5.02. The van der Waals surface area contributed by atoms with E-state index in [1.807, 2.05) is 47.4 Å². The van der Waals surface area contributed by atoms with E-state index in [0.717, 1.165) is 43.6 Å². The molecule has 2 aromatic carbocycles. The molecule has 0 bridgehead atoms. The van der Waals surface area contributed by atoms with Crippen molar-refractivity contribution >= 4 is 5.91 Å². The van der Waals surface area contributed by atoms with Crippen LogP contribution in [0.2, 0.25) is 0 Å². The molecular formula is C22H25N3O. The second-order valence-corrected chi connectivity index (χ2v) is 7.20. The Morgan fingerprint density at radius 3 is 2.35 bits per heavy atom. The van der Waals surface area contributed by atoms with Gasteiger partial charge in [-0.15, -0.1) is 0 Å². The highest BCUT2D eigenvalue weighted by Gasteiger charge is 2.25. The first-order valence-corrected chi connectivity index (χ1v) is 9.12. The number of benzene rings is 2. The number of piperidine rings is 1. The second-order valence-electron chi connectivity index (χ2n) is 7.20. The van der Waals surface area contributed by atoms with E-state index < -0.39 is 0 Å². The summed E-state index contributed by atoms with van der Waals surface area (Å²) in [7, 11) is 4.20. The molecule has 134 valence electrons. The van der Waals surface area contributed by atoms with Gasteiger partial charge in [0.05, 0.1) is 11.6 Å². The van der Waals surface area contributed by atoms with Crippen molar-refractivity contribution in [3.63, 3.8) is 0 Å². The average Bonchev–Trinajstić information content (AvgIpc) is 2.67. The molecule has 3 rings (SSSR count). The van der Waals surface area contributed by atoms with Crippen molar-refractivity contribution in [3.05, 3.63) is 59.7 Å². The molecule has 1 aliphatic heterocycles. The molecule has 26 heavy (non-hydrogen) atoms. The van der Waals surface area contributed by atoms with E-state index in [-0.39, 0.29) is 5.91 Å². The summed E-state index contributed by atoms with van der Waals surface area (Å²) in [6.45, 7) is 2.67. The Balaban J connectivity index is 1.83. The Kier molecular flexibility index (Phi) is 5.70. The molecular weight excluding hydrogens is 322 g/mol. The zero-order valence-corrected chi connectivity index (χ0v) is 15.5. The molecule has 1 fully saturated rings. The van der Waals surface area contributed by atoms with Crippen LogP contribution in [0.5, 0.6) is 0 Å². The normalized spacial score (nSPS) is 15.1. The standard InChI is InChI=1S/C22H25N3O/c1-24(2)16-17-11-13-25(14-12-17)22(26)21-10-6-5-9-20(21)19-8-4-3-7-18(19)15-23/h3-10,17H,11-14,16H2,1-2H3. The first-order valence-electron chi connectivity index (χ1n) is 9.12. The van der Waals surface area contributed by atoms with Crippen molar-refractivity contribution in [2.75, 3.05) is 33.7 Å². The zero-order valence-electron chi connectivity index (χ0n) is 15.5. The smallest absolute Gasteiger partial charge is 0.254 e. The summed E-state index contributed by atoms with van der Waals surface area (Å²) in [5, 5.41) is 9.41. The molecule has 0 unspecified atom stereocenters. The van der Waals surface area contributed by atoms with Gasteiger partial charge in [-0.05, 0) is 50.6 Å².